The molecule has 1 aliphatic heterocycles. The molecule has 2 aromatic carbocycles. The van der Waals surface area contributed by atoms with E-state index in [2.05, 4.69) is 28.4 Å². The molecule has 0 saturated heterocycles. The van der Waals surface area contributed by atoms with Gasteiger partial charge in [-0.2, -0.15) is 0 Å². The second kappa shape index (κ2) is 8.01. The van der Waals surface area contributed by atoms with Gasteiger partial charge >= 0.3 is 0 Å². The zero-order valence-electron chi connectivity index (χ0n) is 15.8. The summed E-state index contributed by atoms with van der Waals surface area (Å²) < 4.78 is 11.3. The van der Waals surface area contributed by atoms with Crippen LogP contribution in [-0.2, 0) is 30.7 Å². The monoisotopic (exact) mass is 366 g/mol. The molecule has 0 radical (unpaired) electrons. The van der Waals surface area contributed by atoms with Gasteiger partial charge in [-0.15, -0.1) is 0 Å². The number of carbonyl (C=O) groups excluding carboxylic acids is 1. The molecule has 0 aromatic heterocycles. The molecular weight excluding hydrogens is 340 g/mol. The maximum atomic E-state index is 12.5. The number of benzene rings is 2. The molecule has 5 heteroatoms. The standard InChI is InChI=1S/C22H26N2O3/c1-26-21-12-17-7-4-6-16(17)11-19(21)13-23-22(25)15-24-9-10-27-20-8-3-2-5-18(20)14-24/h2-3,5,8,11-12H,4,6-7,9-10,13-15H2,1H3,(H,23,25). The number of para-hydroxylation sites is 1. The van der Waals surface area contributed by atoms with Crippen LogP contribution in [0.5, 0.6) is 11.5 Å². The average molecular weight is 366 g/mol. The van der Waals surface area contributed by atoms with Crippen molar-refractivity contribution in [3.8, 4) is 11.5 Å². The van der Waals surface area contributed by atoms with Gasteiger partial charge in [-0.05, 0) is 42.5 Å². The number of nitrogens with zero attached hydrogens (tertiary/aromatic N) is 1. The number of amides is 1. The van der Waals surface area contributed by atoms with E-state index in [9.17, 15) is 4.79 Å². The van der Waals surface area contributed by atoms with Gasteiger partial charge in [0.1, 0.15) is 18.1 Å². The summed E-state index contributed by atoms with van der Waals surface area (Å²) in [5, 5.41) is 3.06. The second-order valence-corrected chi connectivity index (χ2v) is 7.23. The molecule has 142 valence electrons. The van der Waals surface area contributed by atoms with E-state index in [1.165, 1.54) is 17.5 Å². The van der Waals surface area contributed by atoms with Crippen LogP contribution in [0.25, 0.3) is 0 Å². The topological polar surface area (TPSA) is 50.8 Å². The molecule has 5 nitrogen and oxygen atoms in total. The maximum absolute atomic E-state index is 12.5. The van der Waals surface area contributed by atoms with Crippen LogP contribution >= 0.6 is 0 Å². The summed E-state index contributed by atoms with van der Waals surface area (Å²) in [5.74, 6) is 1.81. The molecule has 1 aliphatic carbocycles. The first-order valence-electron chi connectivity index (χ1n) is 9.61. The van der Waals surface area contributed by atoms with Crippen LogP contribution in [0.2, 0.25) is 0 Å². The quantitative estimate of drug-likeness (QED) is 0.884. The molecule has 27 heavy (non-hydrogen) atoms. The Hall–Kier alpha value is -2.53. The SMILES string of the molecule is COc1cc2c(cc1CNC(=O)CN1CCOc3ccccc3C1)CCC2. The number of methoxy groups -OCH3 is 1. The fraction of sp³-hybridized carbons (Fsp3) is 0.409. The van der Waals surface area contributed by atoms with E-state index in [0.29, 0.717) is 19.7 Å². The minimum Gasteiger partial charge on any atom is -0.496 e. The highest BCUT2D eigenvalue weighted by Gasteiger charge is 2.19. The first-order valence-corrected chi connectivity index (χ1v) is 9.61. The molecule has 0 fully saturated rings. The Morgan fingerprint density at radius 3 is 2.85 bits per heavy atom. The summed E-state index contributed by atoms with van der Waals surface area (Å²) in [4.78, 5) is 14.6. The molecule has 0 bridgehead atoms. The van der Waals surface area contributed by atoms with Gasteiger partial charge in [0.15, 0.2) is 0 Å². The lowest BCUT2D eigenvalue weighted by atomic mass is 10.0. The molecule has 0 unspecified atom stereocenters. The van der Waals surface area contributed by atoms with E-state index in [4.69, 9.17) is 9.47 Å². The Bertz CT molecular complexity index is 834. The lowest BCUT2D eigenvalue weighted by molar-refractivity contribution is -0.122. The van der Waals surface area contributed by atoms with Crippen LogP contribution in [-0.4, -0.2) is 37.6 Å². The van der Waals surface area contributed by atoms with Crippen LogP contribution in [0, 0.1) is 0 Å². The largest absolute Gasteiger partial charge is 0.496 e. The number of hydrogen-bond donors (Lipinski definition) is 1. The van der Waals surface area contributed by atoms with Crippen molar-refractivity contribution in [3.05, 3.63) is 58.7 Å². The summed E-state index contributed by atoms with van der Waals surface area (Å²) in [6.45, 7) is 2.93. The summed E-state index contributed by atoms with van der Waals surface area (Å²) in [7, 11) is 1.69. The average Bonchev–Trinajstić information content (AvgIpc) is 3.04. The number of fused-ring (bicyclic) bond motifs is 2. The van der Waals surface area contributed by atoms with Crippen LogP contribution in [0.4, 0.5) is 0 Å². The predicted molar refractivity (Wildman–Crippen MR) is 104 cm³/mol. The Morgan fingerprint density at radius 1 is 1.19 bits per heavy atom. The Labute approximate surface area is 160 Å². The van der Waals surface area contributed by atoms with E-state index in [1.54, 1.807) is 7.11 Å². The number of aryl methyl sites for hydroxylation is 2. The second-order valence-electron chi connectivity index (χ2n) is 7.23. The van der Waals surface area contributed by atoms with Crippen molar-refractivity contribution in [2.75, 3.05) is 26.8 Å². The van der Waals surface area contributed by atoms with Gasteiger partial charge in [-0.3, -0.25) is 9.69 Å². The van der Waals surface area contributed by atoms with Crippen LogP contribution in [0.15, 0.2) is 36.4 Å². The fourth-order valence-electron chi connectivity index (χ4n) is 3.95. The van der Waals surface area contributed by atoms with Crippen LogP contribution < -0.4 is 14.8 Å². The molecule has 1 N–H and O–H groups in total. The van der Waals surface area contributed by atoms with Crippen molar-refractivity contribution < 1.29 is 14.3 Å². The highest BCUT2D eigenvalue weighted by Crippen LogP contribution is 2.29. The van der Waals surface area contributed by atoms with Gasteiger partial charge in [0.25, 0.3) is 0 Å². The summed E-state index contributed by atoms with van der Waals surface area (Å²) >= 11 is 0. The third-order valence-electron chi connectivity index (χ3n) is 5.37. The highest BCUT2D eigenvalue weighted by atomic mass is 16.5. The molecule has 2 aromatic rings. The summed E-state index contributed by atoms with van der Waals surface area (Å²) in [6.07, 6.45) is 3.44. The molecule has 0 atom stereocenters. The van der Waals surface area contributed by atoms with Crippen molar-refractivity contribution in [2.45, 2.75) is 32.4 Å². The summed E-state index contributed by atoms with van der Waals surface area (Å²) in [5.41, 5.74) is 4.95. The Morgan fingerprint density at radius 2 is 2.00 bits per heavy atom. The van der Waals surface area contributed by atoms with E-state index in [-0.39, 0.29) is 5.91 Å². The van der Waals surface area contributed by atoms with Crippen molar-refractivity contribution in [3.63, 3.8) is 0 Å². The number of nitrogens with one attached hydrogen (secondary N) is 1. The van der Waals surface area contributed by atoms with E-state index in [0.717, 1.165) is 48.6 Å². The first kappa shape index (κ1) is 17.9. The van der Waals surface area contributed by atoms with Crippen molar-refractivity contribution in [2.24, 2.45) is 0 Å². The predicted octanol–water partition coefficient (Wildman–Crippen LogP) is 2.69. The molecule has 0 spiro atoms. The van der Waals surface area contributed by atoms with Gasteiger partial charge < -0.3 is 14.8 Å². The van der Waals surface area contributed by atoms with Crippen LogP contribution in [0.3, 0.4) is 0 Å². The normalized spacial score (nSPS) is 16.0. The maximum Gasteiger partial charge on any atom is 0.234 e. The van der Waals surface area contributed by atoms with E-state index in [1.807, 2.05) is 18.2 Å². The van der Waals surface area contributed by atoms with Crippen molar-refractivity contribution >= 4 is 5.91 Å². The van der Waals surface area contributed by atoms with Gasteiger partial charge in [0.05, 0.1) is 13.7 Å². The lowest BCUT2D eigenvalue weighted by Crippen LogP contribution is -2.37. The minimum atomic E-state index is 0.0249. The lowest BCUT2D eigenvalue weighted by Gasteiger charge is -2.19. The highest BCUT2D eigenvalue weighted by molar-refractivity contribution is 5.78. The molecule has 0 saturated carbocycles. The molecular formula is C22H26N2O3. The van der Waals surface area contributed by atoms with Gasteiger partial charge in [-0.1, -0.05) is 24.3 Å². The van der Waals surface area contributed by atoms with Crippen molar-refractivity contribution in [1.29, 1.82) is 0 Å². The molecule has 2 aliphatic rings. The van der Waals surface area contributed by atoms with Gasteiger partial charge in [0, 0.05) is 30.8 Å². The first-order chi connectivity index (χ1) is 13.2. The molecule has 1 amide bonds. The third-order valence-corrected chi connectivity index (χ3v) is 5.37. The third kappa shape index (κ3) is 4.08. The van der Waals surface area contributed by atoms with Gasteiger partial charge in [0.2, 0.25) is 5.91 Å². The number of carbonyl (C=O) groups is 1. The molecule has 4 rings (SSSR count). The molecule has 1 heterocycles. The smallest absolute Gasteiger partial charge is 0.234 e. The summed E-state index contributed by atoms with van der Waals surface area (Å²) in [6, 6.07) is 12.3. The fourth-order valence-corrected chi connectivity index (χ4v) is 3.95. The number of hydrogen-bond acceptors (Lipinski definition) is 4. The minimum absolute atomic E-state index is 0.0249. The van der Waals surface area contributed by atoms with Gasteiger partial charge in [-0.25, -0.2) is 0 Å². The zero-order valence-corrected chi connectivity index (χ0v) is 15.8. The zero-order chi connectivity index (χ0) is 18.6. The Balaban J connectivity index is 1.36. The van der Waals surface area contributed by atoms with Crippen molar-refractivity contribution in [1.82, 2.24) is 10.2 Å². The van der Waals surface area contributed by atoms with E-state index < -0.39 is 0 Å². The van der Waals surface area contributed by atoms with E-state index >= 15 is 0 Å². The Kier molecular flexibility index (Phi) is 5.30. The number of rotatable bonds is 5. The van der Waals surface area contributed by atoms with Crippen LogP contribution in [0.1, 0.15) is 28.7 Å². The number of ether oxygens (including phenoxy) is 2.